The number of hydrogen-bond acceptors (Lipinski definition) is 6. The Bertz CT molecular complexity index is 330. The summed E-state index contributed by atoms with van der Waals surface area (Å²) < 4.78 is 0. The van der Waals surface area contributed by atoms with E-state index < -0.39 is 0 Å². The maximum absolute atomic E-state index is 12.3. The molecule has 116 valence electrons. The molecule has 2 rings (SSSR count). The molecule has 2 unspecified atom stereocenters. The minimum absolute atomic E-state index is 0.0152. The fourth-order valence-electron chi connectivity index (χ4n) is 3.43. The molecular formula is C14H26N3O3-. The summed E-state index contributed by atoms with van der Waals surface area (Å²) in [5.74, 6) is 0.703. The molecule has 2 aliphatic rings. The molecule has 6 heteroatoms. The maximum Gasteiger partial charge on any atom is 0.149 e. The summed E-state index contributed by atoms with van der Waals surface area (Å²) in [4.78, 5) is 14.4. The first-order valence-corrected chi connectivity index (χ1v) is 7.66. The largest absolute Gasteiger partial charge is 0.762 e. The maximum atomic E-state index is 12.3. The summed E-state index contributed by atoms with van der Waals surface area (Å²) in [7, 11) is 0. The lowest BCUT2D eigenvalue weighted by Crippen LogP contribution is -2.52. The predicted octanol–water partition coefficient (Wildman–Crippen LogP) is 1.32. The van der Waals surface area contributed by atoms with Crippen LogP contribution in [0.15, 0.2) is 0 Å². The molecule has 0 aromatic carbocycles. The average molecular weight is 284 g/mol. The van der Waals surface area contributed by atoms with Gasteiger partial charge in [-0.15, -0.1) is 0 Å². The van der Waals surface area contributed by atoms with Gasteiger partial charge in [-0.05, 0) is 44.4 Å². The molecule has 1 aliphatic heterocycles. The number of hydroxylamine groups is 2. The van der Waals surface area contributed by atoms with Gasteiger partial charge in [-0.2, -0.15) is 0 Å². The van der Waals surface area contributed by atoms with Gasteiger partial charge in [0.25, 0.3) is 0 Å². The molecule has 20 heavy (non-hydrogen) atoms. The highest BCUT2D eigenvalue weighted by molar-refractivity contribution is 5.83. The lowest BCUT2D eigenvalue weighted by atomic mass is 9.83. The number of nitrogens with two attached hydrogens (primary N) is 1. The second kappa shape index (κ2) is 6.95. The van der Waals surface area contributed by atoms with Crippen LogP contribution >= 0.6 is 0 Å². The molecule has 0 bridgehead atoms. The Balaban J connectivity index is 1.81. The number of Topliss-reactive ketones (excluding diaryl/α,β-unsaturated/α-hetero) is 1. The van der Waals surface area contributed by atoms with Crippen molar-refractivity contribution in [1.82, 2.24) is 10.1 Å². The van der Waals surface area contributed by atoms with Crippen LogP contribution in [0.4, 0.5) is 0 Å². The van der Waals surface area contributed by atoms with E-state index in [9.17, 15) is 10.0 Å². The van der Waals surface area contributed by atoms with E-state index >= 15 is 0 Å². The fraction of sp³-hybridized carbons (Fsp3) is 0.929. The summed E-state index contributed by atoms with van der Waals surface area (Å²) >= 11 is 0. The van der Waals surface area contributed by atoms with Crippen molar-refractivity contribution < 1.29 is 10.0 Å². The van der Waals surface area contributed by atoms with Crippen molar-refractivity contribution in [2.75, 3.05) is 13.1 Å². The molecule has 2 atom stereocenters. The number of piperidine rings is 1. The third-order valence-corrected chi connectivity index (χ3v) is 4.93. The molecule has 1 saturated heterocycles. The van der Waals surface area contributed by atoms with E-state index in [1.807, 2.05) is 0 Å². The summed E-state index contributed by atoms with van der Waals surface area (Å²) in [5.41, 5.74) is 6.15. The molecule has 0 spiro atoms. The highest BCUT2D eigenvalue weighted by atomic mass is 16.8. The van der Waals surface area contributed by atoms with Crippen molar-refractivity contribution in [2.45, 2.75) is 57.7 Å². The minimum Gasteiger partial charge on any atom is -0.762 e. The third kappa shape index (κ3) is 3.77. The van der Waals surface area contributed by atoms with E-state index in [-0.39, 0.29) is 29.1 Å². The highest BCUT2D eigenvalue weighted by Crippen LogP contribution is 2.28. The van der Waals surface area contributed by atoms with Crippen LogP contribution in [0.25, 0.3) is 0 Å². The van der Waals surface area contributed by atoms with Crippen molar-refractivity contribution in [3.63, 3.8) is 0 Å². The average Bonchev–Trinajstić information content (AvgIpc) is 2.44. The molecule has 0 radical (unpaired) electrons. The van der Waals surface area contributed by atoms with Gasteiger partial charge in [-0.25, -0.2) is 0 Å². The molecule has 1 heterocycles. The van der Waals surface area contributed by atoms with Crippen LogP contribution in [0.2, 0.25) is 0 Å². The van der Waals surface area contributed by atoms with E-state index in [1.54, 1.807) is 0 Å². The monoisotopic (exact) mass is 284 g/mol. The van der Waals surface area contributed by atoms with Crippen LogP contribution < -0.4 is 5.73 Å². The van der Waals surface area contributed by atoms with Crippen molar-refractivity contribution in [1.29, 1.82) is 0 Å². The Labute approximate surface area is 120 Å². The zero-order valence-corrected chi connectivity index (χ0v) is 12.2. The molecule has 2 fully saturated rings. The van der Waals surface area contributed by atoms with Crippen molar-refractivity contribution >= 4 is 5.78 Å². The van der Waals surface area contributed by atoms with Gasteiger partial charge >= 0.3 is 0 Å². The van der Waals surface area contributed by atoms with Gasteiger partial charge in [-0.1, -0.05) is 6.92 Å². The molecule has 3 N–H and O–H groups in total. The first-order valence-electron chi connectivity index (χ1n) is 7.66. The van der Waals surface area contributed by atoms with Gasteiger partial charge in [0.15, 0.2) is 0 Å². The van der Waals surface area contributed by atoms with E-state index in [1.165, 1.54) is 0 Å². The van der Waals surface area contributed by atoms with Crippen molar-refractivity contribution in [2.24, 2.45) is 17.6 Å². The Kier molecular flexibility index (Phi) is 5.51. The summed E-state index contributed by atoms with van der Waals surface area (Å²) in [6, 6.07) is -0.337. The number of likely N-dealkylation sites (tertiary alicyclic amines) is 1. The van der Waals surface area contributed by atoms with Crippen LogP contribution in [-0.4, -0.2) is 46.4 Å². The number of carbonyl (C=O) groups is 1. The normalized spacial score (nSPS) is 36.2. The lowest BCUT2D eigenvalue weighted by molar-refractivity contribution is -0.129. The Morgan fingerprint density at radius 1 is 1.35 bits per heavy atom. The highest BCUT2D eigenvalue weighted by Gasteiger charge is 2.31. The van der Waals surface area contributed by atoms with Crippen LogP contribution in [0.1, 0.15) is 45.4 Å². The van der Waals surface area contributed by atoms with Crippen molar-refractivity contribution in [3.05, 3.63) is 5.21 Å². The molecule has 1 saturated carbocycles. The molecule has 0 aromatic rings. The number of carbonyl (C=O) groups excluding carboxylic acids is 1. The van der Waals surface area contributed by atoms with Gasteiger partial charge in [0.05, 0.1) is 12.7 Å². The smallest absolute Gasteiger partial charge is 0.149 e. The molecule has 0 aromatic heterocycles. The Morgan fingerprint density at radius 2 is 2.00 bits per heavy atom. The quantitative estimate of drug-likeness (QED) is 0.756. The second-order valence-electron chi connectivity index (χ2n) is 6.35. The van der Waals surface area contributed by atoms with Crippen molar-refractivity contribution in [3.8, 4) is 0 Å². The second-order valence-corrected chi connectivity index (χ2v) is 6.35. The van der Waals surface area contributed by atoms with Crippen LogP contribution in [0, 0.1) is 17.0 Å². The Morgan fingerprint density at radius 3 is 2.60 bits per heavy atom. The summed E-state index contributed by atoms with van der Waals surface area (Å²) in [6.45, 7) is 3.47. The van der Waals surface area contributed by atoms with Crippen LogP contribution in [0.5, 0.6) is 0 Å². The number of nitrogens with zero attached hydrogens (tertiary/aromatic N) is 2. The third-order valence-electron chi connectivity index (χ3n) is 4.93. The SMILES string of the molecule is CC1CCCN(CC(=O)C2CCC(N([O-])O)CC2)C1N. The molecule has 1 aliphatic carbocycles. The molecular weight excluding hydrogens is 258 g/mol. The van der Waals surface area contributed by atoms with Gasteiger partial charge in [0.2, 0.25) is 0 Å². The Hall–Kier alpha value is -0.530. The first-order chi connectivity index (χ1) is 9.49. The summed E-state index contributed by atoms with van der Waals surface area (Å²) in [5, 5.41) is 19.8. The fourth-order valence-corrected chi connectivity index (χ4v) is 3.43. The predicted molar refractivity (Wildman–Crippen MR) is 75.7 cm³/mol. The topological polar surface area (TPSA) is 92.9 Å². The van der Waals surface area contributed by atoms with E-state index in [4.69, 9.17) is 10.9 Å². The zero-order valence-electron chi connectivity index (χ0n) is 12.2. The zero-order chi connectivity index (χ0) is 14.7. The van der Waals surface area contributed by atoms with E-state index in [2.05, 4.69) is 11.8 Å². The van der Waals surface area contributed by atoms with Gasteiger partial charge in [0.1, 0.15) is 5.78 Å². The van der Waals surface area contributed by atoms with E-state index in [0.717, 1.165) is 19.4 Å². The minimum atomic E-state index is -0.337. The van der Waals surface area contributed by atoms with Gasteiger partial charge in [-0.3, -0.25) is 14.9 Å². The van der Waals surface area contributed by atoms with Crippen LogP contribution in [0.3, 0.4) is 0 Å². The number of ketones is 1. The standard InChI is InChI=1S/C14H26N3O3/c1-10-3-2-8-16(14(10)15)9-13(18)11-4-6-12(7-5-11)17(19)20/h10-12,14,19H,2-9,15H2,1H3/q-1. The summed E-state index contributed by atoms with van der Waals surface area (Å²) in [6.07, 6.45) is 4.80. The van der Waals surface area contributed by atoms with E-state index in [0.29, 0.717) is 38.1 Å². The number of hydrogen-bond donors (Lipinski definition) is 2. The lowest BCUT2D eigenvalue weighted by Gasteiger charge is -2.39. The van der Waals surface area contributed by atoms with Crippen LogP contribution in [-0.2, 0) is 4.79 Å². The van der Waals surface area contributed by atoms with Gasteiger partial charge < -0.3 is 16.1 Å². The molecule has 6 nitrogen and oxygen atoms in total. The number of rotatable bonds is 4. The van der Waals surface area contributed by atoms with Gasteiger partial charge in [0, 0.05) is 18.5 Å². The first kappa shape index (κ1) is 15.9. The molecule has 0 amide bonds.